The van der Waals surface area contributed by atoms with Gasteiger partial charge in [0.25, 0.3) is 5.91 Å². The van der Waals surface area contributed by atoms with Gasteiger partial charge in [-0.15, -0.1) is 0 Å². The van der Waals surface area contributed by atoms with Crippen LogP contribution in [0.2, 0.25) is 0 Å². The fraction of sp³-hybridized carbons (Fsp3) is 0.609. The predicted octanol–water partition coefficient (Wildman–Crippen LogP) is 3.33. The Balaban J connectivity index is 2.76. The van der Waals surface area contributed by atoms with Crippen molar-refractivity contribution in [2.75, 3.05) is 27.3 Å². The highest BCUT2D eigenvalue weighted by molar-refractivity contribution is 5.92. The van der Waals surface area contributed by atoms with E-state index in [4.69, 9.17) is 14.2 Å². The lowest BCUT2D eigenvalue weighted by molar-refractivity contribution is -0.142. The molecule has 1 aromatic rings. The molecule has 0 bridgehead atoms. The van der Waals surface area contributed by atoms with Crippen molar-refractivity contribution in [2.24, 2.45) is 0 Å². The molecule has 1 atom stereocenters. The van der Waals surface area contributed by atoms with E-state index >= 15 is 0 Å². The number of hydrogen-bond donors (Lipinski definition) is 1. The number of nitrogens with one attached hydrogen (secondary N) is 1. The van der Waals surface area contributed by atoms with Crippen molar-refractivity contribution in [3.05, 3.63) is 30.1 Å². The molecule has 180 valence electrons. The van der Waals surface area contributed by atoms with E-state index < -0.39 is 35.1 Å². The van der Waals surface area contributed by atoms with Crippen LogP contribution in [0, 0.1) is 5.82 Å². The Kier molecular flexibility index (Phi) is 10.1. The highest BCUT2D eigenvalue weighted by Crippen LogP contribution is 2.14. The van der Waals surface area contributed by atoms with Crippen LogP contribution in [0.5, 0.6) is 5.75 Å². The molecule has 0 aromatic heterocycles. The molecule has 0 heterocycles. The number of amides is 2. The van der Waals surface area contributed by atoms with Gasteiger partial charge in [-0.3, -0.25) is 9.59 Å². The second-order valence-electron chi connectivity index (χ2n) is 9.00. The highest BCUT2D eigenvalue weighted by Gasteiger charge is 2.31. The number of nitrogens with zero attached hydrogens (tertiary/aromatic N) is 1. The fourth-order valence-corrected chi connectivity index (χ4v) is 2.51. The SMILES string of the molecule is COC(C)(C)C(=O)N[C@@H](CCCN(C)C(=O)OC(C)(C)C)C(=O)COc1cccc(F)c1. The lowest BCUT2D eigenvalue weighted by Gasteiger charge is -2.27. The molecular weight excluding hydrogens is 419 g/mol. The zero-order chi connectivity index (χ0) is 24.5. The van der Waals surface area contributed by atoms with E-state index in [0.717, 1.165) is 0 Å². The summed E-state index contributed by atoms with van der Waals surface area (Å²) in [6, 6.07) is 4.59. The highest BCUT2D eigenvalue weighted by atomic mass is 19.1. The number of halogens is 1. The van der Waals surface area contributed by atoms with Crippen molar-refractivity contribution in [3.8, 4) is 5.75 Å². The van der Waals surface area contributed by atoms with E-state index in [1.165, 1.54) is 36.3 Å². The third-order valence-corrected chi connectivity index (χ3v) is 4.62. The van der Waals surface area contributed by atoms with Crippen LogP contribution in [0.1, 0.15) is 47.5 Å². The van der Waals surface area contributed by atoms with Crippen molar-refractivity contribution < 1.29 is 33.0 Å². The summed E-state index contributed by atoms with van der Waals surface area (Å²) in [6.07, 6.45) is 0.225. The van der Waals surface area contributed by atoms with Crippen LogP contribution < -0.4 is 10.1 Å². The van der Waals surface area contributed by atoms with Gasteiger partial charge in [0, 0.05) is 26.8 Å². The monoisotopic (exact) mass is 454 g/mol. The molecule has 0 aliphatic heterocycles. The standard InChI is InChI=1S/C23H35FN2O6/c1-22(2,3)32-21(29)26(6)13-9-12-18(25-20(28)23(4,5)30-7)19(27)15-31-17-11-8-10-16(24)14-17/h8,10-11,14,18H,9,12-13,15H2,1-7H3,(H,25,28)/t18-/m0/s1. The minimum atomic E-state index is -1.13. The topological polar surface area (TPSA) is 94.2 Å². The van der Waals surface area contributed by atoms with Crippen LogP contribution in [-0.4, -0.2) is 67.2 Å². The van der Waals surface area contributed by atoms with Crippen LogP contribution in [0.4, 0.5) is 9.18 Å². The zero-order valence-corrected chi connectivity index (χ0v) is 20.0. The Morgan fingerprint density at radius 3 is 2.38 bits per heavy atom. The normalized spacial score (nSPS) is 12.6. The number of benzene rings is 1. The van der Waals surface area contributed by atoms with Crippen LogP contribution in [-0.2, 0) is 19.1 Å². The van der Waals surface area contributed by atoms with Gasteiger partial charge in [0.1, 0.15) is 29.4 Å². The Hall–Kier alpha value is -2.68. The van der Waals surface area contributed by atoms with E-state index in [-0.39, 0.29) is 24.6 Å². The van der Waals surface area contributed by atoms with Gasteiger partial charge in [0.15, 0.2) is 5.78 Å². The largest absolute Gasteiger partial charge is 0.486 e. The van der Waals surface area contributed by atoms with E-state index in [2.05, 4.69) is 5.32 Å². The number of rotatable bonds is 11. The Morgan fingerprint density at radius 2 is 1.81 bits per heavy atom. The third-order valence-electron chi connectivity index (χ3n) is 4.62. The second-order valence-corrected chi connectivity index (χ2v) is 9.00. The second kappa shape index (κ2) is 11.8. The number of carbonyl (C=O) groups excluding carboxylic acids is 3. The average Bonchev–Trinajstić information content (AvgIpc) is 2.69. The molecule has 0 saturated heterocycles. The molecule has 32 heavy (non-hydrogen) atoms. The maximum absolute atomic E-state index is 13.3. The number of carbonyl (C=O) groups is 3. The summed E-state index contributed by atoms with van der Waals surface area (Å²) in [5, 5.41) is 2.69. The van der Waals surface area contributed by atoms with Gasteiger partial charge in [-0.25, -0.2) is 9.18 Å². The fourth-order valence-electron chi connectivity index (χ4n) is 2.51. The summed E-state index contributed by atoms with van der Waals surface area (Å²) in [6.45, 7) is 8.49. The van der Waals surface area contributed by atoms with E-state index in [0.29, 0.717) is 13.0 Å². The molecule has 9 heteroatoms. The first-order valence-corrected chi connectivity index (χ1v) is 10.5. The first-order chi connectivity index (χ1) is 14.7. The van der Waals surface area contributed by atoms with Crippen molar-refractivity contribution >= 4 is 17.8 Å². The molecule has 1 rings (SSSR count). The quantitative estimate of drug-likeness (QED) is 0.551. The number of hydrogen-bond acceptors (Lipinski definition) is 6. The Labute approximate surface area is 189 Å². The van der Waals surface area contributed by atoms with Gasteiger partial charge in [0.05, 0.1) is 6.04 Å². The van der Waals surface area contributed by atoms with E-state index in [9.17, 15) is 18.8 Å². The maximum atomic E-state index is 13.3. The third kappa shape index (κ3) is 9.64. The van der Waals surface area contributed by atoms with E-state index in [1.807, 2.05) is 0 Å². The Bertz CT molecular complexity index is 791. The minimum absolute atomic E-state index is 0.213. The first-order valence-electron chi connectivity index (χ1n) is 10.5. The minimum Gasteiger partial charge on any atom is -0.486 e. The summed E-state index contributed by atoms with van der Waals surface area (Å²) in [5.74, 6) is -1.10. The summed E-state index contributed by atoms with van der Waals surface area (Å²) >= 11 is 0. The lowest BCUT2D eigenvalue weighted by Crippen LogP contribution is -2.51. The van der Waals surface area contributed by atoms with Crippen LogP contribution in [0.15, 0.2) is 24.3 Å². The lowest BCUT2D eigenvalue weighted by atomic mass is 10.0. The number of Topliss-reactive ketones (excluding diaryl/α,β-unsaturated/α-hetero) is 1. The van der Waals surface area contributed by atoms with Crippen molar-refractivity contribution in [2.45, 2.75) is 64.7 Å². The molecule has 0 spiro atoms. The molecule has 1 N–H and O–H groups in total. The van der Waals surface area contributed by atoms with Gasteiger partial charge < -0.3 is 24.4 Å². The van der Waals surface area contributed by atoms with Crippen molar-refractivity contribution in [1.82, 2.24) is 10.2 Å². The van der Waals surface area contributed by atoms with Gasteiger partial charge in [-0.1, -0.05) is 6.07 Å². The molecule has 0 fully saturated rings. The molecule has 0 aliphatic carbocycles. The van der Waals surface area contributed by atoms with Crippen LogP contribution >= 0.6 is 0 Å². The molecule has 0 aliphatic rings. The van der Waals surface area contributed by atoms with Crippen LogP contribution in [0.25, 0.3) is 0 Å². The summed E-state index contributed by atoms with van der Waals surface area (Å²) in [4.78, 5) is 38.8. The molecule has 8 nitrogen and oxygen atoms in total. The van der Waals surface area contributed by atoms with Crippen molar-refractivity contribution in [3.63, 3.8) is 0 Å². The molecule has 1 aromatic carbocycles. The maximum Gasteiger partial charge on any atom is 0.410 e. The summed E-state index contributed by atoms with van der Waals surface area (Å²) < 4.78 is 29.2. The predicted molar refractivity (Wildman–Crippen MR) is 118 cm³/mol. The van der Waals surface area contributed by atoms with Gasteiger partial charge in [0.2, 0.25) is 0 Å². The molecular formula is C23H35FN2O6. The molecule has 0 radical (unpaired) electrons. The molecule has 2 amide bonds. The zero-order valence-electron chi connectivity index (χ0n) is 20.0. The molecule has 0 unspecified atom stereocenters. The average molecular weight is 455 g/mol. The van der Waals surface area contributed by atoms with Crippen molar-refractivity contribution in [1.29, 1.82) is 0 Å². The van der Waals surface area contributed by atoms with Gasteiger partial charge in [-0.2, -0.15) is 0 Å². The summed E-state index contributed by atoms with van der Waals surface area (Å²) in [5.41, 5.74) is -1.74. The van der Waals surface area contributed by atoms with Gasteiger partial charge >= 0.3 is 6.09 Å². The summed E-state index contributed by atoms with van der Waals surface area (Å²) in [7, 11) is 3.00. The first kappa shape index (κ1) is 27.4. The number of methoxy groups -OCH3 is 1. The number of ketones is 1. The Morgan fingerprint density at radius 1 is 1.16 bits per heavy atom. The van der Waals surface area contributed by atoms with Crippen LogP contribution in [0.3, 0.4) is 0 Å². The van der Waals surface area contributed by atoms with E-state index in [1.54, 1.807) is 41.7 Å². The van der Waals surface area contributed by atoms with Gasteiger partial charge in [-0.05, 0) is 59.6 Å². The smallest absolute Gasteiger partial charge is 0.410 e. The molecule has 0 saturated carbocycles. The number of ether oxygens (including phenoxy) is 3.